The number of nitrogens with zero attached hydrogens (tertiary/aromatic N) is 2. The zero-order chi connectivity index (χ0) is 18.0. The SMILES string of the molecule is CC(C)(C)Nc1cc(C(=O)Nc2cccc(C(F)(F)F)c2)ncn1. The quantitative estimate of drug-likeness (QED) is 0.889. The van der Waals surface area contributed by atoms with Crippen molar-refractivity contribution in [3.63, 3.8) is 0 Å². The molecule has 2 aromatic rings. The minimum absolute atomic E-state index is 0.0405. The fourth-order valence-corrected chi connectivity index (χ4v) is 1.90. The molecule has 128 valence electrons. The maximum Gasteiger partial charge on any atom is 0.416 e. The van der Waals surface area contributed by atoms with Gasteiger partial charge in [0.05, 0.1) is 5.56 Å². The molecule has 0 atom stereocenters. The Kier molecular flexibility index (Phi) is 4.77. The van der Waals surface area contributed by atoms with Gasteiger partial charge in [0.25, 0.3) is 5.91 Å². The first-order valence-corrected chi connectivity index (χ1v) is 7.13. The number of hydrogen-bond acceptors (Lipinski definition) is 4. The number of alkyl halides is 3. The summed E-state index contributed by atoms with van der Waals surface area (Å²) in [4.78, 5) is 20.0. The van der Waals surface area contributed by atoms with Gasteiger partial charge in [-0.2, -0.15) is 13.2 Å². The fourth-order valence-electron chi connectivity index (χ4n) is 1.90. The van der Waals surface area contributed by atoms with Crippen molar-refractivity contribution < 1.29 is 18.0 Å². The van der Waals surface area contributed by atoms with Gasteiger partial charge in [0.1, 0.15) is 17.8 Å². The molecule has 1 heterocycles. The normalized spacial score (nSPS) is 11.9. The van der Waals surface area contributed by atoms with Gasteiger partial charge in [-0.3, -0.25) is 4.79 Å². The molecule has 0 fully saturated rings. The maximum atomic E-state index is 12.7. The molecule has 0 aliphatic rings. The summed E-state index contributed by atoms with van der Waals surface area (Å²) in [6.07, 6.45) is -3.26. The fraction of sp³-hybridized carbons (Fsp3) is 0.312. The Morgan fingerprint density at radius 2 is 1.79 bits per heavy atom. The van der Waals surface area contributed by atoms with E-state index in [1.54, 1.807) is 0 Å². The van der Waals surface area contributed by atoms with E-state index < -0.39 is 17.6 Å². The average Bonchev–Trinajstić information content (AvgIpc) is 2.45. The van der Waals surface area contributed by atoms with Crippen molar-refractivity contribution in [2.75, 3.05) is 10.6 Å². The van der Waals surface area contributed by atoms with E-state index >= 15 is 0 Å². The van der Waals surface area contributed by atoms with Crippen LogP contribution in [0.1, 0.15) is 36.8 Å². The summed E-state index contributed by atoms with van der Waals surface area (Å²) in [5, 5.41) is 5.49. The van der Waals surface area contributed by atoms with Gasteiger partial charge >= 0.3 is 6.18 Å². The summed E-state index contributed by atoms with van der Waals surface area (Å²) in [7, 11) is 0. The molecule has 24 heavy (non-hydrogen) atoms. The molecular weight excluding hydrogens is 321 g/mol. The van der Waals surface area contributed by atoms with Crippen LogP contribution in [0.3, 0.4) is 0 Å². The number of carbonyl (C=O) groups excluding carboxylic acids is 1. The molecule has 8 heteroatoms. The minimum atomic E-state index is -4.47. The van der Waals surface area contributed by atoms with E-state index in [-0.39, 0.29) is 16.9 Å². The predicted octanol–water partition coefficient (Wildman–Crippen LogP) is 3.96. The van der Waals surface area contributed by atoms with Crippen LogP contribution >= 0.6 is 0 Å². The number of anilines is 2. The van der Waals surface area contributed by atoms with Crippen LogP contribution in [0.25, 0.3) is 0 Å². The van der Waals surface area contributed by atoms with Crippen LogP contribution in [0, 0.1) is 0 Å². The molecule has 2 N–H and O–H groups in total. The van der Waals surface area contributed by atoms with Crippen molar-refractivity contribution in [3.05, 3.63) is 47.9 Å². The van der Waals surface area contributed by atoms with Crippen LogP contribution in [0.15, 0.2) is 36.7 Å². The molecule has 0 saturated heterocycles. The number of aromatic nitrogens is 2. The van der Waals surface area contributed by atoms with E-state index in [1.807, 2.05) is 20.8 Å². The lowest BCUT2D eigenvalue weighted by Crippen LogP contribution is -2.27. The molecule has 1 amide bonds. The van der Waals surface area contributed by atoms with Gasteiger partial charge < -0.3 is 10.6 Å². The molecule has 0 spiro atoms. The Balaban J connectivity index is 2.17. The Labute approximate surface area is 137 Å². The van der Waals surface area contributed by atoms with E-state index in [1.165, 1.54) is 24.5 Å². The number of halogens is 3. The predicted molar refractivity (Wildman–Crippen MR) is 84.8 cm³/mol. The Morgan fingerprint density at radius 1 is 1.08 bits per heavy atom. The largest absolute Gasteiger partial charge is 0.416 e. The van der Waals surface area contributed by atoms with Crippen LogP contribution < -0.4 is 10.6 Å². The van der Waals surface area contributed by atoms with Crippen LogP contribution in [-0.4, -0.2) is 21.4 Å². The standard InChI is InChI=1S/C16H17F3N4O/c1-15(2,3)23-13-8-12(20-9-21-13)14(24)22-11-6-4-5-10(7-11)16(17,18)19/h4-9H,1-3H3,(H,22,24)(H,20,21,23). The van der Waals surface area contributed by atoms with Crippen LogP contribution in [-0.2, 0) is 6.18 Å². The first kappa shape index (κ1) is 17.7. The molecule has 0 saturated carbocycles. The molecule has 1 aromatic heterocycles. The van der Waals surface area contributed by atoms with Gasteiger partial charge in [-0.1, -0.05) is 6.07 Å². The smallest absolute Gasteiger partial charge is 0.365 e. The van der Waals surface area contributed by atoms with Gasteiger partial charge in [-0.25, -0.2) is 9.97 Å². The molecule has 0 radical (unpaired) electrons. The lowest BCUT2D eigenvalue weighted by Gasteiger charge is -2.21. The highest BCUT2D eigenvalue weighted by molar-refractivity contribution is 6.03. The average molecular weight is 338 g/mol. The Bertz CT molecular complexity index is 739. The van der Waals surface area contributed by atoms with Gasteiger partial charge in [-0.15, -0.1) is 0 Å². The Morgan fingerprint density at radius 3 is 2.42 bits per heavy atom. The molecule has 0 unspecified atom stereocenters. The van der Waals surface area contributed by atoms with Crippen LogP contribution in [0.4, 0.5) is 24.7 Å². The van der Waals surface area contributed by atoms with Crippen molar-refractivity contribution in [1.29, 1.82) is 0 Å². The molecule has 1 aromatic carbocycles. The second kappa shape index (κ2) is 6.46. The van der Waals surface area contributed by atoms with Crippen LogP contribution in [0.5, 0.6) is 0 Å². The number of rotatable bonds is 3. The van der Waals surface area contributed by atoms with Crippen LogP contribution in [0.2, 0.25) is 0 Å². The van der Waals surface area contributed by atoms with E-state index in [9.17, 15) is 18.0 Å². The third-order valence-corrected chi connectivity index (χ3v) is 2.85. The zero-order valence-electron chi connectivity index (χ0n) is 13.4. The van der Waals surface area contributed by atoms with Crippen molar-refractivity contribution >= 4 is 17.4 Å². The highest BCUT2D eigenvalue weighted by Crippen LogP contribution is 2.30. The summed E-state index contributed by atoms with van der Waals surface area (Å²) in [6, 6.07) is 5.85. The summed E-state index contributed by atoms with van der Waals surface area (Å²) in [5.74, 6) is -0.166. The summed E-state index contributed by atoms with van der Waals surface area (Å²) >= 11 is 0. The summed E-state index contributed by atoms with van der Waals surface area (Å²) < 4.78 is 38.1. The number of amides is 1. The molecule has 2 rings (SSSR count). The third kappa shape index (κ3) is 4.94. The van der Waals surface area contributed by atoms with E-state index in [4.69, 9.17) is 0 Å². The van der Waals surface area contributed by atoms with E-state index in [0.29, 0.717) is 5.82 Å². The molecule has 0 aliphatic carbocycles. The number of carbonyl (C=O) groups is 1. The third-order valence-electron chi connectivity index (χ3n) is 2.85. The van der Waals surface area contributed by atoms with Gasteiger partial charge in [0.15, 0.2) is 0 Å². The van der Waals surface area contributed by atoms with E-state index in [2.05, 4.69) is 20.6 Å². The highest BCUT2D eigenvalue weighted by Gasteiger charge is 2.30. The first-order chi connectivity index (χ1) is 11.0. The number of hydrogen-bond donors (Lipinski definition) is 2. The molecule has 0 bridgehead atoms. The zero-order valence-corrected chi connectivity index (χ0v) is 13.4. The lowest BCUT2D eigenvalue weighted by atomic mass is 10.1. The highest BCUT2D eigenvalue weighted by atomic mass is 19.4. The van der Waals surface area contributed by atoms with E-state index in [0.717, 1.165) is 12.1 Å². The van der Waals surface area contributed by atoms with Gasteiger partial charge in [0, 0.05) is 17.3 Å². The Hall–Kier alpha value is -2.64. The molecule has 0 aliphatic heterocycles. The monoisotopic (exact) mass is 338 g/mol. The van der Waals surface area contributed by atoms with Crippen molar-refractivity contribution in [1.82, 2.24) is 9.97 Å². The van der Waals surface area contributed by atoms with Gasteiger partial charge in [-0.05, 0) is 39.0 Å². The summed E-state index contributed by atoms with van der Waals surface area (Å²) in [5.41, 5.74) is -1.01. The van der Waals surface area contributed by atoms with Crippen molar-refractivity contribution in [3.8, 4) is 0 Å². The number of nitrogens with one attached hydrogen (secondary N) is 2. The van der Waals surface area contributed by atoms with Crippen molar-refractivity contribution in [2.45, 2.75) is 32.5 Å². The van der Waals surface area contributed by atoms with Crippen molar-refractivity contribution in [2.24, 2.45) is 0 Å². The summed E-state index contributed by atoms with van der Waals surface area (Å²) in [6.45, 7) is 5.78. The maximum absolute atomic E-state index is 12.7. The molecular formula is C16H17F3N4O. The minimum Gasteiger partial charge on any atom is -0.365 e. The second-order valence-corrected chi connectivity index (χ2v) is 6.20. The lowest BCUT2D eigenvalue weighted by molar-refractivity contribution is -0.137. The van der Waals surface area contributed by atoms with Gasteiger partial charge in [0.2, 0.25) is 0 Å². The first-order valence-electron chi connectivity index (χ1n) is 7.13. The number of benzene rings is 1. The molecule has 5 nitrogen and oxygen atoms in total. The second-order valence-electron chi connectivity index (χ2n) is 6.20. The topological polar surface area (TPSA) is 66.9 Å².